The first-order chi connectivity index (χ1) is 11.9. The van der Waals surface area contributed by atoms with Crippen LogP contribution in [0.3, 0.4) is 0 Å². The number of benzene rings is 2. The third-order valence-corrected chi connectivity index (χ3v) is 4.53. The summed E-state index contributed by atoms with van der Waals surface area (Å²) in [5, 5.41) is 3.02. The zero-order valence-electron chi connectivity index (χ0n) is 16.0. The molecule has 1 atom stereocenters. The van der Waals surface area contributed by atoms with Crippen LogP contribution in [0.15, 0.2) is 36.4 Å². The number of aryl methyl sites for hydroxylation is 4. The summed E-state index contributed by atoms with van der Waals surface area (Å²) in [5.41, 5.74) is 5.92. The van der Waals surface area contributed by atoms with Crippen molar-refractivity contribution in [1.82, 2.24) is 5.32 Å². The van der Waals surface area contributed by atoms with Gasteiger partial charge in [-0.05, 0) is 67.5 Å². The van der Waals surface area contributed by atoms with E-state index < -0.39 is 6.10 Å². The molecule has 0 fully saturated rings. The molecular formula is C22H29NO2. The lowest BCUT2D eigenvalue weighted by molar-refractivity contribution is -0.127. The molecule has 2 aromatic carbocycles. The van der Waals surface area contributed by atoms with Gasteiger partial charge in [-0.15, -0.1) is 0 Å². The lowest BCUT2D eigenvalue weighted by atomic mass is 10.0. The Balaban J connectivity index is 2.01. The van der Waals surface area contributed by atoms with Crippen LogP contribution in [-0.2, 0) is 24.2 Å². The maximum absolute atomic E-state index is 12.4. The van der Waals surface area contributed by atoms with E-state index in [-0.39, 0.29) is 5.91 Å². The molecule has 0 saturated carbocycles. The van der Waals surface area contributed by atoms with Crippen molar-refractivity contribution in [2.75, 3.05) is 0 Å². The normalized spacial score (nSPS) is 11.9. The molecule has 0 spiro atoms. The first-order valence-corrected chi connectivity index (χ1v) is 9.06. The summed E-state index contributed by atoms with van der Waals surface area (Å²) in [4.78, 5) is 12.4. The van der Waals surface area contributed by atoms with Crippen molar-refractivity contribution in [3.8, 4) is 5.75 Å². The van der Waals surface area contributed by atoms with Crippen LogP contribution in [0.2, 0.25) is 0 Å². The van der Waals surface area contributed by atoms with Crippen molar-refractivity contribution in [1.29, 1.82) is 0 Å². The fraction of sp³-hybridized carbons (Fsp3) is 0.409. The third-order valence-electron chi connectivity index (χ3n) is 4.53. The second kappa shape index (κ2) is 8.70. The standard InChI is InChI=1S/C22H29NO2/c1-6-18-10-11-19(7-2)20(13-18)14-23-22(24)17(5)25-21-12-15(3)8-9-16(21)4/h8-13,17H,6-7,14H2,1-5H3,(H,23,24)/t17-/m0/s1. The minimum atomic E-state index is -0.528. The maximum Gasteiger partial charge on any atom is 0.261 e. The van der Waals surface area contributed by atoms with E-state index in [2.05, 4.69) is 37.4 Å². The Morgan fingerprint density at radius 2 is 1.80 bits per heavy atom. The van der Waals surface area contributed by atoms with Crippen molar-refractivity contribution in [3.63, 3.8) is 0 Å². The first kappa shape index (κ1) is 19.0. The quantitative estimate of drug-likeness (QED) is 0.806. The van der Waals surface area contributed by atoms with Gasteiger partial charge in [0.15, 0.2) is 6.10 Å². The Morgan fingerprint density at radius 3 is 2.48 bits per heavy atom. The molecule has 0 saturated heterocycles. The van der Waals surface area contributed by atoms with Gasteiger partial charge in [0, 0.05) is 6.54 Å². The molecule has 0 aromatic heterocycles. The fourth-order valence-corrected chi connectivity index (χ4v) is 2.81. The fourth-order valence-electron chi connectivity index (χ4n) is 2.81. The average Bonchev–Trinajstić information content (AvgIpc) is 2.62. The largest absolute Gasteiger partial charge is 0.481 e. The highest BCUT2D eigenvalue weighted by Crippen LogP contribution is 2.20. The predicted octanol–water partition coefficient (Wildman–Crippen LogP) is 4.51. The highest BCUT2D eigenvalue weighted by Gasteiger charge is 2.16. The number of hydrogen-bond donors (Lipinski definition) is 1. The lowest BCUT2D eigenvalue weighted by Crippen LogP contribution is -2.36. The molecule has 3 heteroatoms. The summed E-state index contributed by atoms with van der Waals surface area (Å²) < 4.78 is 5.87. The molecule has 0 bridgehead atoms. The molecule has 0 aliphatic rings. The summed E-state index contributed by atoms with van der Waals surface area (Å²) in [7, 11) is 0. The summed E-state index contributed by atoms with van der Waals surface area (Å²) in [5.74, 6) is 0.676. The lowest BCUT2D eigenvalue weighted by Gasteiger charge is -2.17. The molecule has 0 heterocycles. The highest BCUT2D eigenvalue weighted by molar-refractivity contribution is 5.80. The Hall–Kier alpha value is -2.29. The first-order valence-electron chi connectivity index (χ1n) is 9.06. The average molecular weight is 339 g/mol. The van der Waals surface area contributed by atoms with Crippen LogP contribution in [0, 0.1) is 13.8 Å². The minimum Gasteiger partial charge on any atom is -0.481 e. The van der Waals surface area contributed by atoms with E-state index >= 15 is 0 Å². The molecule has 25 heavy (non-hydrogen) atoms. The van der Waals surface area contributed by atoms with E-state index in [1.807, 2.05) is 32.0 Å². The van der Waals surface area contributed by atoms with E-state index in [0.717, 1.165) is 29.7 Å². The van der Waals surface area contributed by atoms with Crippen molar-refractivity contribution in [2.24, 2.45) is 0 Å². The Kier molecular flexibility index (Phi) is 6.63. The number of carbonyl (C=O) groups excluding carboxylic acids is 1. The van der Waals surface area contributed by atoms with Gasteiger partial charge in [0.1, 0.15) is 5.75 Å². The molecule has 1 amide bonds. The van der Waals surface area contributed by atoms with Crippen LogP contribution >= 0.6 is 0 Å². The van der Waals surface area contributed by atoms with Crippen molar-refractivity contribution < 1.29 is 9.53 Å². The predicted molar refractivity (Wildman–Crippen MR) is 103 cm³/mol. The SMILES string of the molecule is CCc1ccc(CC)c(CNC(=O)[C@H](C)Oc2cc(C)ccc2C)c1. The van der Waals surface area contributed by atoms with Gasteiger partial charge in [-0.25, -0.2) is 0 Å². The van der Waals surface area contributed by atoms with Gasteiger partial charge in [0.2, 0.25) is 0 Å². The molecule has 0 aliphatic heterocycles. The molecule has 0 radical (unpaired) electrons. The summed E-state index contributed by atoms with van der Waals surface area (Å²) in [6.45, 7) is 10.6. The third kappa shape index (κ3) is 5.09. The molecule has 2 rings (SSSR count). The number of rotatable bonds is 7. The van der Waals surface area contributed by atoms with E-state index in [1.54, 1.807) is 6.92 Å². The monoisotopic (exact) mass is 339 g/mol. The van der Waals surface area contributed by atoms with E-state index in [1.165, 1.54) is 16.7 Å². The number of hydrogen-bond acceptors (Lipinski definition) is 2. The van der Waals surface area contributed by atoms with Gasteiger partial charge in [0.05, 0.1) is 0 Å². The van der Waals surface area contributed by atoms with Crippen LogP contribution in [-0.4, -0.2) is 12.0 Å². The minimum absolute atomic E-state index is 0.0927. The molecule has 1 N–H and O–H groups in total. The van der Waals surface area contributed by atoms with Crippen LogP contribution in [0.5, 0.6) is 5.75 Å². The van der Waals surface area contributed by atoms with E-state index in [9.17, 15) is 4.79 Å². The van der Waals surface area contributed by atoms with Crippen LogP contribution in [0.1, 0.15) is 48.6 Å². The molecule has 134 valence electrons. The number of ether oxygens (including phenoxy) is 1. The second-order valence-electron chi connectivity index (χ2n) is 6.56. The topological polar surface area (TPSA) is 38.3 Å². The number of nitrogens with one attached hydrogen (secondary N) is 1. The maximum atomic E-state index is 12.4. The van der Waals surface area contributed by atoms with Crippen molar-refractivity contribution >= 4 is 5.91 Å². The van der Waals surface area contributed by atoms with Crippen LogP contribution in [0.25, 0.3) is 0 Å². The molecule has 0 aliphatic carbocycles. The Bertz CT molecular complexity index is 737. The Morgan fingerprint density at radius 1 is 1.04 bits per heavy atom. The Labute approximate surface area is 151 Å². The van der Waals surface area contributed by atoms with Gasteiger partial charge in [0.25, 0.3) is 5.91 Å². The van der Waals surface area contributed by atoms with Gasteiger partial charge < -0.3 is 10.1 Å². The summed E-state index contributed by atoms with van der Waals surface area (Å²) in [6, 6.07) is 12.5. The summed E-state index contributed by atoms with van der Waals surface area (Å²) >= 11 is 0. The zero-order valence-corrected chi connectivity index (χ0v) is 16.0. The second-order valence-corrected chi connectivity index (χ2v) is 6.56. The molecule has 3 nitrogen and oxygen atoms in total. The van der Waals surface area contributed by atoms with Crippen LogP contribution < -0.4 is 10.1 Å². The molecule has 0 unspecified atom stereocenters. The zero-order chi connectivity index (χ0) is 18.4. The molecular weight excluding hydrogens is 310 g/mol. The van der Waals surface area contributed by atoms with E-state index in [0.29, 0.717) is 6.54 Å². The van der Waals surface area contributed by atoms with Crippen LogP contribution in [0.4, 0.5) is 0 Å². The number of carbonyl (C=O) groups is 1. The van der Waals surface area contributed by atoms with Gasteiger partial charge in [-0.2, -0.15) is 0 Å². The van der Waals surface area contributed by atoms with Gasteiger partial charge in [-0.3, -0.25) is 4.79 Å². The number of amides is 1. The molecule has 2 aromatic rings. The van der Waals surface area contributed by atoms with Gasteiger partial charge >= 0.3 is 0 Å². The van der Waals surface area contributed by atoms with Crippen molar-refractivity contribution in [3.05, 3.63) is 64.2 Å². The smallest absolute Gasteiger partial charge is 0.261 e. The van der Waals surface area contributed by atoms with Gasteiger partial charge in [-0.1, -0.05) is 44.2 Å². The summed E-state index contributed by atoms with van der Waals surface area (Å²) in [6.07, 6.45) is 1.43. The van der Waals surface area contributed by atoms with Crippen molar-refractivity contribution in [2.45, 2.75) is 60.1 Å². The van der Waals surface area contributed by atoms with E-state index in [4.69, 9.17) is 4.74 Å². The highest BCUT2D eigenvalue weighted by atomic mass is 16.5.